The summed E-state index contributed by atoms with van der Waals surface area (Å²) in [5.41, 5.74) is 1.18. The van der Waals surface area contributed by atoms with Crippen molar-refractivity contribution in [1.82, 2.24) is 25.0 Å². The summed E-state index contributed by atoms with van der Waals surface area (Å²) in [7, 11) is 0. The van der Waals surface area contributed by atoms with Crippen LogP contribution in [0.3, 0.4) is 0 Å². The molecule has 2 aliphatic rings. The molecule has 4 heterocycles. The zero-order chi connectivity index (χ0) is 19.6. The fourth-order valence-corrected chi connectivity index (χ4v) is 5.05. The second kappa shape index (κ2) is 7.90. The minimum atomic E-state index is 0.0171. The normalized spacial score (nSPS) is 17.2. The molecular weight excluding hydrogens is 386 g/mol. The van der Waals surface area contributed by atoms with Gasteiger partial charge in [-0.3, -0.25) is 4.79 Å². The van der Waals surface area contributed by atoms with Gasteiger partial charge < -0.3 is 10.2 Å². The molecule has 1 aliphatic carbocycles. The van der Waals surface area contributed by atoms with Gasteiger partial charge in [-0.05, 0) is 56.7 Å². The fourth-order valence-electron chi connectivity index (χ4n) is 4.00. The van der Waals surface area contributed by atoms with Gasteiger partial charge in [-0.2, -0.15) is 5.10 Å². The Labute approximate surface area is 173 Å². The highest BCUT2D eigenvalue weighted by Crippen LogP contribution is 2.30. The van der Waals surface area contributed by atoms with Crippen LogP contribution >= 0.6 is 11.3 Å². The average molecular weight is 410 g/mol. The summed E-state index contributed by atoms with van der Waals surface area (Å²) in [5, 5.41) is 16.6. The first kappa shape index (κ1) is 18.2. The highest BCUT2D eigenvalue weighted by molar-refractivity contribution is 7.15. The number of nitrogens with zero attached hydrogens (tertiary/aromatic N) is 6. The van der Waals surface area contributed by atoms with E-state index >= 15 is 0 Å². The van der Waals surface area contributed by atoms with Gasteiger partial charge in [0.1, 0.15) is 0 Å². The number of carbonyl (C=O) groups is 1. The molecule has 0 unspecified atom stereocenters. The molecule has 0 aromatic carbocycles. The lowest BCUT2D eigenvalue weighted by Crippen LogP contribution is -2.38. The molecule has 3 aromatic rings. The molecule has 0 spiro atoms. The third kappa shape index (κ3) is 3.87. The predicted octanol–water partition coefficient (Wildman–Crippen LogP) is 2.85. The molecule has 5 rings (SSSR count). The molecule has 1 saturated heterocycles. The number of thiazole rings is 1. The van der Waals surface area contributed by atoms with E-state index in [1.807, 2.05) is 24.4 Å². The van der Waals surface area contributed by atoms with E-state index in [0.717, 1.165) is 49.7 Å². The Morgan fingerprint density at radius 1 is 1.10 bits per heavy atom. The topological polar surface area (TPSA) is 88.8 Å². The number of piperidine rings is 1. The first-order chi connectivity index (χ1) is 14.3. The lowest BCUT2D eigenvalue weighted by molar-refractivity contribution is -0.120. The highest BCUT2D eigenvalue weighted by atomic mass is 32.1. The first-order valence-electron chi connectivity index (χ1n) is 10.1. The van der Waals surface area contributed by atoms with Gasteiger partial charge in [-0.1, -0.05) is 0 Å². The van der Waals surface area contributed by atoms with Gasteiger partial charge in [0, 0.05) is 36.3 Å². The van der Waals surface area contributed by atoms with Crippen LogP contribution in [0, 0.1) is 5.92 Å². The molecule has 0 saturated carbocycles. The Morgan fingerprint density at radius 2 is 1.90 bits per heavy atom. The highest BCUT2D eigenvalue weighted by Gasteiger charge is 2.27. The van der Waals surface area contributed by atoms with Crippen LogP contribution in [-0.2, 0) is 17.6 Å². The van der Waals surface area contributed by atoms with Crippen LogP contribution in [0.15, 0.2) is 30.6 Å². The van der Waals surface area contributed by atoms with Crippen molar-refractivity contribution in [2.75, 3.05) is 23.3 Å². The molecule has 8 nitrogen and oxygen atoms in total. The Bertz CT molecular complexity index is 951. The molecule has 0 atom stereocenters. The van der Waals surface area contributed by atoms with Gasteiger partial charge >= 0.3 is 0 Å². The number of aryl methyl sites for hydroxylation is 2. The molecule has 0 radical (unpaired) electrons. The summed E-state index contributed by atoms with van der Waals surface area (Å²) in [6, 6.07) is 5.73. The Balaban J connectivity index is 1.17. The third-order valence-corrected chi connectivity index (χ3v) is 6.71. The van der Waals surface area contributed by atoms with Crippen molar-refractivity contribution in [1.29, 1.82) is 0 Å². The van der Waals surface area contributed by atoms with Gasteiger partial charge in [0.2, 0.25) is 5.91 Å². The lowest BCUT2D eigenvalue weighted by atomic mass is 9.96. The third-order valence-electron chi connectivity index (χ3n) is 5.64. The van der Waals surface area contributed by atoms with Crippen LogP contribution in [0.1, 0.15) is 36.3 Å². The van der Waals surface area contributed by atoms with Crippen LogP contribution in [0.5, 0.6) is 0 Å². The van der Waals surface area contributed by atoms with Crippen LogP contribution in [0.2, 0.25) is 0 Å². The van der Waals surface area contributed by atoms with Gasteiger partial charge in [0.05, 0.1) is 5.69 Å². The lowest BCUT2D eigenvalue weighted by Gasteiger charge is -2.31. The Morgan fingerprint density at radius 3 is 2.62 bits per heavy atom. The maximum Gasteiger partial charge on any atom is 0.229 e. The summed E-state index contributed by atoms with van der Waals surface area (Å²) in [4.78, 5) is 20.9. The zero-order valence-corrected chi connectivity index (χ0v) is 16.9. The van der Waals surface area contributed by atoms with E-state index in [-0.39, 0.29) is 11.8 Å². The number of hydrogen-bond donors (Lipinski definition) is 1. The van der Waals surface area contributed by atoms with Gasteiger partial charge in [0.15, 0.2) is 16.8 Å². The average Bonchev–Trinajstić information content (AvgIpc) is 3.43. The minimum absolute atomic E-state index is 0.0171. The van der Waals surface area contributed by atoms with Crippen LogP contribution in [-0.4, -0.2) is 44.0 Å². The quantitative estimate of drug-likeness (QED) is 0.713. The SMILES string of the molecule is O=C(Nc1nc2c(s1)CCCC2)C1CCN(c2ccc(-n3cccn3)nn2)CC1. The number of nitrogens with one attached hydrogen (secondary N) is 1. The fraction of sp³-hybridized carbons (Fsp3) is 0.450. The summed E-state index contributed by atoms with van der Waals surface area (Å²) >= 11 is 1.65. The Kier molecular flexibility index (Phi) is 4.97. The van der Waals surface area contributed by atoms with E-state index < -0.39 is 0 Å². The minimum Gasteiger partial charge on any atom is -0.355 e. The van der Waals surface area contributed by atoms with Crippen LogP contribution in [0.25, 0.3) is 5.82 Å². The van der Waals surface area contributed by atoms with Crippen LogP contribution < -0.4 is 10.2 Å². The summed E-state index contributed by atoms with van der Waals surface area (Å²) in [6.45, 7) is 1.59. The van der Waals surface area contributed by atoms with E-state index in [1.54, 1.807) is 22.2 Å². The van der Waals surface area contributed by atoms with Crippen molar-refractivity contribution in [2.45, 2.75) is 38.5 Å². The van der Waals surface area contributed by atoms with E-state index in [2.05, 4.69) is 30.5 Å². The van der Waals surface area contributed by atoms with E-state index in [4.69, 9.17) is 0 Å². The number of rotatable bonds is 4. The molecule has 1 fully saturated rings. The van der Waals surface area contributed by atoms with Gasteiger partial charge in [-0.25, -0.2) is 9.67 Å². The number of amides is 1. The number of carbonyl (C=O) groups excluding carboxylic acids is 1. The predicted molar refractivity (Wildman–Crippen MR) is 111 cm³/mol. The number of hydrogen-bond acceptors (Lipinski definition) is 7. The number of fused-ring (bicyclic) bond motifs is 1. The largest absolute Gasteiger partial charge is 0.355 e. The smallest absolute Gasteiger partial charge is 0.229 e. The second-order valence-electron chi connectivity index (χ2n) is 7.55. The summed E-state index contributed by atoms with van der Waals surface area (Å²) < 4.78 is 1.68. The monoisotopic (exact) mass is 409 g/mol. The number of aromatic nitrogens is 5. The van der Waals surface area contributed by atoms with Crippen molar-refractivity contribution in [3.8, 4) is 5.82 Å². The second-order valence-corrected chi connectivity index (χ2v) is 8.63. The molecule has 9 heteroatoms. The zero-order valence-electron chi connectivity index (χ0n) is 16.1. The van der Waals surface area contributed by atoms with Crippen molar-refractivity contribution < 1.29 is 4.79 Å². The van der Waals surface area contributed by atoms with Gasteiger partial charge in [-0.15, -0.1) is 21.5 Å². The summed E-state index contributed by atoms with van der Waals surface area (Å²) in [5.74, 6) is 1.64. The van der Waals surface area contributed by atoms with E-state index in [9.17, 15) is 4.79 Å². The molecule has 3 aromatic heterocycles. The van der Waals surface area contributed by atoms with Crippen molar-refractivity contribution in [3.63, 3.8) is 0 Å². The maximum absolute atomic E-state index is 12.7. The maximum atomic E-state index is 12.7. The molecule has 150 valence electrons. The molecule has 1 aliphatic heterocycles. The van der Waals surface area contributed by atoms with E-state index in [0.29, 0.717) is 5.82 Å². The molecule has 1 N–H and O–H groups in total. The van der Waals surface area contributed by atoms with Crippen molar-refractivity contribution in [3.05, 3.63) is 41.2 Å². The first-order valence-corrected chi connectivity index (χ1v) is 11.0. The molecule has 29 heavy (non-hydrogen) atoms. The van der Waals surface area contributed by atoms with Gasteiger partial charge in [0.25, 0.3) is 0 Å². The number of anilines is 2. The standard InChI is InChI=1S/C20H23N7OS/c28-19(23-20-22-15-4-1-2-5-16(15)29-20)14-8-12-26(13-9-14)17-6-7-18(25-24-17)27-11-3-10-21-27/h3,6-7,10-11,14H,1-2,4-5,8-9,12-13H2,(H,22,23,28). The van der Waals surface area contributed by atoms with Crippen molar-refractivity contribution >= 4 is 28.2 Å². The Hall–Kier alpha value is -2.81. The van der Waals surface area contributed by atoms with Crippen LogP contribution in [0.4, 0.5) is 10.9 Å². The summed E-state index contributed by atoms with van der Waals surface area (Å²) in [6.07, 6.45) is 9.74. The molecular formula is C20H23N7OS. The molecule has 0 bridgehead atoms. The van der Waals surface area contributed by atoms with E-state index in [1.165, 1.54) is 23.4 Å². The molecule has 1 amide bonds. The van der Waals surface area contributed by atoms with Crippen molar-refractivity contribution in [2.24, 2.45) is 5.92 Å².